The highest BCUT2D eigenvalue weighted by molar-refractivity contribution is 5.91. The van der Waals surface area contributed by atoms with Crippen molar-refractivity contribution >= 4 is 5.78 Å². The predicted octanol–water partition coefficient (Wildman–Crippen LogP) is 2.58. The lowest BCUT2D eigenvalue weighted by Crippen LogP contribution is -2.13. The predicted molar refractivity (Wildman–Crippen MR) is 60.7 cm³/mol. The summed E-state index contributed by atoms with van der Waals surface area (Å²) in [6.45, 7) is 0. The zero-order chi connectivity index (χ0) is 11.5. The van der Waals surface area contributed by atoms with Crippen LogP contribution in [-0.4, -0.2) is 18.0 Å². The van der Waals surface area contributed by atoms with Crippen LogP contribution in [0.1, 0.15) is 24.3 Å². The van der Waals surface area contributed by atoms with Gasteiger partial charge < -0.3 is 9.84 Å². The van der Waals surface area contributed by atoms with E-state index in [0.717, 1.165) is 11.3 Å². The minimum absolute atomic E-state index is 0.0219. The number of ketones is 1. The van der Waals surface area contributed by atoms with Crippen LogP contribution in [0.3, 0.4) is 0 Å². The van der Waals surface area contributed by atoms with Crippen LogP contribution in [0.4, 0.5) is 0 Å². The van der Waals surface area contributed by atoms with Gasteiger partial charge in [-0.1, -0.05) is 18.2 Å². The van der Waals surface area contributed by atoms with Gasteiger partial charge in [-0.2, -0.15) is 0 Å². The van der Waals surface area contributed by atoms with Crippen LogP contribution in [0.25, 0.3) is 0 Å². The van der Waals surface area contributed by atoms with Crippen molar-refractivity contribution in [3.8, 4) is 5.75 Å². The van der Waals surface area contributed by atoms with E-state index in [-0.39, 0.29) is 17.5 Å². The Labute approximate surface area is 94.4 Å². The molecule has 0 radical (unpaired) electrons. The van der Waals surface area contributed by atoms with E-state index in [1.807, 2.05) is 24.3 Å². The fourth-order valence-corrected chi connectivity index (χ4v) is 2.09. The average Bonchev–Trinajstić information content (AvgIpc) is 2.27. The van der Waals surface area contributed by atoms with Crippen LogP contribution >= 0.6 is 0 Å². The molecule has 1 aromatic carbocycles. The van der Waals surface area contributed by atoms with Gasteiger partial charge in [0.2, 0.25) is 0 Å². The molecular formula is C13H14O3. The van der Waals surface area contributed by atoms with E-state index in [1.54, 1.807) is 7.11 Å². The molecule has 0 bridgehead atoms. The SMILES string of the molecule is COc1ccccc1C1CC(=O)C=C(O)C1. The van der Waals surface area contributed by atoms with Crippen molar-refractivity contribution < 1.29 is 14.6 Å². The van der Waals surface area contributed by atoms with Crippen molar-refractivity contribution in [2.75, 3.05) is 7.11 Å². The van der Waals surface area contributed by atoms with Gasteiger partial charge in [-0.3, -0.25) is 4.79 Å². The average molecular weight is 218 g/mol. The second-order valence-electron chi connectivity index (χ2n) is 3.95. The summed E-state index contributed by atoms with van der Waals surface area (Å²) in [7, 11) is 1.61. The summed E-state index contributed by atoms with van der Waals surface area (Å²) in [6, 6.07) is 7.62. The highest BCUT2D eigenvalue weighted by Gasteiger charge is 2.24. The maximum absolute atomic E-state index is 11.4. The molecule has 0 heterocycles. The number of benzene rings is 1. The Hall–Kier alpha value is -1.77. The molecule has 1 aliphatic carbocycles. The molecule has 0 spiro atoms. The summed E-state index contributed by atoms with van der Waals surface area (Å²) in [5, 5.41) is 9.47. The Bertz CT molecular complexity index is 435. The van der Waals surface area contributed by atoms with Gasteiger partial charge in [-0.25, -0.2) is 0 Å². The molecule has 3 nitrogen and oxygen atoms in total. The Kier molecular flexibility index (Phi) is 2.95. The number of para-hydroxylation sites is 1. The number of carbonyl (C=O) groups excluding carboxylic acids is 1. The van der Waals surface area contributed by atoms with E-state index in [1.165, 1.54) is 6.08 Å². The number of hydrogen-bond acceptors (Lipinski definition) is 3. The van der Waals surface area contributed by atoms with Crippen LogP contribution < -0.4 is 4.74 Å². The normalized spacial score (nSPS) is 20.4. The van der Waals surface area contributed by atoms with Crippen molar-refractivity contribution in [1.29, 1.82) is 0 Å². The summed E-state index contributed by atoms with van der Waals surface area (Å²) >= 11 is 0. The van der Waals surface area contributed by atoms with Crippen LogP contribution in [0.5, 0.6) is 5.75 Å². The fourth-order valence-electron chi connectivity index (χ4n) is 2.09. The lowest BCUT2D eigenvalue weighted by Gasteiger charge is -2.21. The van der Waals surface area contributed by atoms with Crippen LogP contribution in [0.15, 0.2) is 36.1 Å². The number of allylic oxidation sites excluding steroid dienone is 2. The molecule has 1 unspecified atom stereocenters. The molecular weight excluding hydrogens is 204 g/mol. The van der Waals surface area contributed by atoms with Crippen molar-refractivity contribution in [3.63, 3.8) is 0 Å². The molecule has 3 heteroatoms. The van der Waals surface area contributed by atoms with Crippen molar-refractivity contribution in [2.24, 2.45) is 0 Å². The van der Waals surface area contributed by atoms with Gasteiger partial charge in [0.25, 0.3) is 0 Å². The Morgan fingerprint density at radius 1 is 1.31 bits per heavy atom. The number of rotatable bonds is 2. The monoisotopic (exact) mass is 218 g/mol. The van der Waals surface area contributed by atoms with Gasteiger partial charge in [0.1, 0.15) is 5.75 Å². The molecule has 84 valence electrons. The lowest BCUT2D eigenvalue weighted by atomic mass is 9.86. The number of aliphatic hydroxyl groups excluding tert-OH is 1. The molecule has 0 aromatic heterocycles. The summed E-state index contributed by atoms with van der Waals surface area (Å²) in [5.41, 5.74) is 0.984. The number of carbonyl (C=O) groups is 1. The highest BCUT2D eigenvalue weighted by atomic mass is 16.5. The summed E-state index contributed by atoms with van der Waals surface area (Å²) in [4.78, 5) is 11.4. The third-order valence-corrected chi connectivity index (χ3v) is 2.81. The van der Waals surface area contributed by atoms with Gasteiger partial charge in [-0.05, 0) is 11.6 Å². The molecule has 0 saturated carbocycles. The van der Waals surface area contributed by atoms with Crippen LogP contribution in [0.2, 0.25) is 0 Å². The van der Waals surface area contributed by atoms with E-state index in [4.69, 9.17) is 4.74 Å². The first-order valence-electron chi connectivity index (χ1n) is 5.26. The van der Waals surface area contributed by atoms with E-state index >= 15 is 0 Å². The first-order valence-corrected chi connectivity index (χ1v) is 5.26. The lowest BCUT2D eigenvalue weighted by molar-refractivity contribution is -0.115. The van der Waals surface area contributed by atoms with Gasteiger partial charge in [0.15, 0.2) is 5.78 Å². The standard InChI is InChI=1S/C13H14O3/c1-16-13-5-3-2-4-12(13)9-6-10(14)8-11(15)7-9/h2-5,8-9,14H,6-7H2,1H3. The third-order valence-electron chi connectivity index (χ3n) is 2.81. The molecule has 0 fully saturated rings. The zero-order valence-electron chi connectivity index (χ0n) is 9.14. The van der Waals surface area contributed by atoms with Gasteiger partial charge in [0.05, 0.1) is 12.9 Å². The number of ether oxygens (including phenoxy) is 1. The smallest absolute Gasteiger partial charge is 0.159 e. The summed E-state index contributed by atoms with van der Waals surface area (Å²) in [5.74, 6) is 0.926. The minimum Gasteiger partial charge on any atom is -0.512 e. The first-order chi connectivity index (χ1) is 7.70. The Balaban J connectivity index is 2.31. The second-order valence-corrected chi connectivity index (χ2v) is 3.95. The first kappa shape index (κ1) is 10.7. The zero-order valence-corrected chi connectivity index (χ0v) is 9.14. The number of hydrogen-bond donors (Lipinski definition) is 1. The molecule has 16 heavy (non-hydrogen) atoms. The van der Waals surface area contributed by atoms with Crippen LogP contribution in [-0.2, 0) is 4.79 Å². The molecule has 1 aliphatic rings. The van der Waals surface area contributed by atoms with Gasteiger partial charge in [0, 0.05) is 24.8 Å². The number of methoxy groups -OCH3 is 1. The molecule has 1 atom stereocenters. The highest BCUT2D eigenvalue weighted by Crippen LogP contribution is 2.35. The van der Waals surface area contributed by atoms with Crippen molar-refractivity contribution in [1.82, 2.24) is 0 Å². The maximum atomic E-state index is 11.4. The fraction of sp³-hybridized carbons (Fsp3) is 0.308. The molecule has 1 N–H and O–H groups in total. The quantitative estimate of drug-likeness (QED) is 0.829. The van der Waals surface area contributed by atoms with Gasteiger partial charge in [-0.15, -0.1) is 0 Å². The third kappa shape index (κ3) is 2.08. The topological polar surface area (TPSA) is 46.5 Å². The molecule has 0 aliphatic heterocycles. The van der Waals surface area contributed by atoms with Gasteiger partial charge >= 0.3 is 0 Å². The maximum Gasteiger partial charge on any atom is 0.159 e. The van der Waals surface area contributed by atoms with Crippen molar-refractivity contribution in [3.05, 3.63) is 41.7 Å². The molecule has 0 saturated heterocycles. The van der Waals surface area contributed by atoms with E-state index in [0.29, 0.717) is 12.8 Å². The Morgan fingerprint density at radius 3 is 2.75 bits per heavy atom. The van der Waals surface area contributed by atoms with E-state index < -0.39 is 0 Å². The number of aliphatic hydroxyl groups is 1. The van der Waals surface area contributed by atoms with Crippen LogP contribution in [0, 0.1) is 0 Å². The molecule has 0 amide bonds. The second kappa shape index (κ2) is 4.39. The minimum atomic E-state index is -0.0281. The largest absolute Gasteiger partial charge is 0.512 e. The van der Waals surface area contributed by atoms with E-state index in [2.05, 4.69) is 0 Å². The molecule has 1 aromatic rings. The molecule has 2 rings (SSSR count). The Morgan fingerprint density at radius 2 is 2.06 bits per heavy atom. The summed E-state index contributed by atoms with van der Waals surface area (Å²) < 4.78 is 5.26. The van der Waals surface area contributed by atoms with Crippen molar-refractivity contribution in [2.45, 2.75) is 18.8 Å². The van der Waals surface area contributed by atoms with E-state index in [9.17, 15) is 9.90 Å². The summed E-state index contributed by atoms with van der Waals surface area (Å²) in [6.07, 6.45) is 2.25.